The second-order valence-corrected chi connectivity index (χ2v) is 6.01. The van der Waals surface area contributed by atoms with Crippen LogP contribution >= 0.6 is 0 Å². The van der Waals surface area contributed by atoms with Gasteiger partial charge in [-0.15, -0.1) is 0 Å². The SMILES string of the molecule is CC(C(=O)NCC1(CC(=O)O)CCCCC1)n1cccn1. The number of aliphatic carboxylic acids is 1. The van der Waals surface area contributed by atoms with E-state index in [0.717, 1.165) is 32.1 Å². The van der Waals surface area contributed by atoms with E-state index in [0.29, 0.717) is 6.54 Å². The summed E-state index contributed by atoms with van der Waals surface area (Å²) >= 11 is 0. The molecule has 0 bridgehead atoms. The van der Waals surface area contributed by atoms with Crippen molar-refractivity contribution in [1.82, 2.24) is 15.1 Å². The molecule has 2 rings (SSSR count). The molecule has 0 aromatic carbocycles. The van der Waals surface area contributed by atoms with Gasteiger partial charge in [0.2, 0.25) is 5.91 Å². The van der Waals surface area contributed by atoms with Crippen molar-refractivity contribution in [2.75, 3.05) is 6.54 Å². The van der Waals surface area contributed by atoms with Gasteiger partial charge in [0.25, 0.3) is 0 Å². The Bertz CT molecular complexity index is 478. The lowest BCUT2D eigenvalue weighted by Crippen LogP contribution is -2.42. The molecule has 1 aromatic rings. The van der Waals surface area contributed by atoms with E-state index in [1.807, 2.05) is 0 Å². The average Bonchev–Trinajstić information content (AvgIpc) is 2.98. The van der Waals surface area contributed by atoms with Gasteiger partial charge >= 0.3 is 5.97 Å². The Kier molecular flexibility index (Phi) is 4.98. The first-order valence-corrected chi connectivity index (χ1v) is 7.51. The number of nitrogens with one attached hydrogen (secondary N) is 1. The van der Waals surface area contributed by atoms with Gasteiger partial charge in [0.1, 0.15) is 6.04 Å². The lowest BCUT2D eigenvalue weighted by Gasteiger charge is -2.36. The molecule has 2 N–H and O–H groups in total. The molecule has 0 radical (unpaired) electrons. The molecule has 0 aliphatic heterocycles. The van der Waals surface area contributed by atoms with Crippen LogP contribution in [-0.4, -0.2) is 33.3 Å². The minimum absolute atomic E-state index is 0.117. The van der Waals surface area contributed by atoms with E-state index in [1.165, 1.54) is 0 Å². The Labute approximate surface area is 124 Å². The third-order valence-electron chi connectivity index (χ3n) is 4.38. The van der Waals surface area contributed by atoms with E-state index in [4.69, 9.17) is 5.11 Å². The predicted octanol–water partition coefficient (Wildman–Crippen LogP) is 1.99. The van der Waals surface area contributed by atoms with Crippen molar-refractivity contribution >= 4 is 11.9 Å². The van der Waals surface area contributed by atoms with Crippen LogP contribution in [0.25, 0.3) is 0 Å². The minimum Gasteiger partial charge on any atom is -0.481 e. The number of amides is 1. The van der Waals surface area contributed by atoms with Gasteiger partial charge in [-0.25, -0.2) is 0 Å². The Hall–Kier alpha value is -1.85. The Morgan fingerprint density at radius 1 is 1.38 bits per heavy atom. The smallest absolute Gasteiger partial charge is 0.303 e. The van der Waals surface area contributed by atoms with Crippen LogP contribution in [0.4, 0.5) is 0 Å². The summed E-state index contributed by atoms with van der Waals surface area (Å²) in [6.45, 7) is 2.22. The first-order chi connectivity index (χ1) is 10.0. The zero-order valence-corrected chi connectivity index (χ0v) is 12.4. The minimum atomic E-state index is -0.786. The Morgan fingerprint density at radius 2 is 2.10 bits per heavy atom. The number of rotatable bonds is 6. The van der Waals surface area contributed by atoms with Crippen LogP contribution in [0, 0.1) is 5.41 Å². The highest BCUT2D eigenvalue weighted by Crippen LogP contribution is 2.38. The zero-order valence-electron chi connectivity index (χ0n) is 12.4. The molecule has 1 saturated carbocycles. The van der Waals surface area contributed by atoms with Gasteiger partial charge in [-0.2, -0.15) is 5.10 Å². The number of aromatic nitrogens is 2. The normalized spacial score (nSPS) is 18.9. The molecule has 6 nitrogen and oxygen atoms in total. The largest absolute Gasteiger partial charge is 0.481 e. The maximum absolute atomic E-state index is 12.2. The number of hydrogen-bond acceptors (Lipinski definition) is 3. The van der Waals surface area contributed by atoms with Crippen molar-refractivity contribution < 1.29 is 14.7 Å². The highest BCUT2D eigenvalue weighted by Gasteiger charge is 2.35. The van der Waals surface area contributed by atoms with E-state index < -0.39 is 5.97 Å². The summed E-state index contributed by atoms with van der Waals surface area (Å²) < 4.78 is 1.60. The van der Waals surface area contributed by atoms with Gasteiger partial charge in [0, 0.05) is 18.9 Å². The molecule has 1 heterocycles. The number of carboxylic acids is 1. The summed E-state index contributed by atoms with van der Waals surface area (Å²) in [7, 11) is 0. The summed E-state index contributed by atoms with van der Waals surface area (Å²) in [6.07, 6.45) is 8.48. The molecule has 6 heteroatoms. The highest BCUT2D eigenvalue weighted by atomic mass is 16.4. The molecule has 21 heavy (non-hydrogen) atoms. The van der Waals surface area contributed by atoms with Gasteiger partial charge < -0.3 is 10.4 Å². The fourth-order valence-electron chi connectivity index (χ4n) is 3.09. The summed E-state index contributed by atoms with van der Waals surface area (Å²) in [5, 5.41) is 16.1. The number of hydrogen-bond donors (Lipinski definition) is 2. The molecular formula is C15H23N3O3. The molecule has 1 atom stereocenters. The first-order valence-electron chi connectivity index (χ1n) is 7.51. The third-order valence-corrected chi connectivity index (χ3v) is 4.38. The van der Waals surface area contributed by atoms with Crippen LogP contribution in [-0.2, 0) is 9.59 Å². The maximum atomic E-state index is 12.2. The van der Waals surface area contributed by atoms with Crippen LogP contribution < -0.4 is 5.32 Å². The molecule has 0 spiro atoms. The van der Waals surface area contributed by atoms with Crippen molar-refractivity contribution in [3.63, 3.8) is 0 Å². The average molecular weight is 293 g/mol. The molecule has 1 unspecified atom stereocenters. The number of carbonyl (C=O) groups excluding carboxylic acids is 1. The van der Waals surface area contributed by atoms with E-state index in [9.17, 15) is 9.59 Å². The molecule has 116 valence electrons. The molecule has 1 amide bonds. The summed E-state index contributed by atoms with van der Waals surface area (Å²) in [5.41, 5.74) is -0.288. The van der Waals surface area contributed by atoms with Crippen molar-refractivity contribution in [3.8, 4) is 0 Å². The van der Waals surface area contributed by atoms with Crippen LogP contribution in [0.2, 0.25) is 0 Å². The second kappa shape index (κ2) is 6.74. The summed E-state index contributed by atoms with van der Waals surface area (Å²) in [5.74, 6) is -0.902. The quantitative estimate of drug-likeness (QED) is 0.840. The van der Waals surface area contributed by atoms with Gasteiger partial charge in [0.05, 0.1) is 6.42 Å². The maximum Gasteiger partial charge on any atom is 0.303 e. The van der Waals surface area contributed by atoms with Crippen LogP contribution in [0.15, 0.2) is 18.5 Å². The van der Waals surface area contributed by atoms with Crippen LogP contribution in [0.1, 0.15) is 51.5 Å². The van der Waals surface area contributed by atoms with Gasteiger partial charge in [-0.1, -0.05) is 19.3 Å². The van der Waals surface area contributed by atoms with E-state index in [-0.39, 0.29) is 23.8 Å². The van der Waals surface area contributed by atoms with Crippen molar-refractivity contribution in [2.45, 2.75) is 51.5 Å². The van der Waals surface area contributed by atoms with Crippen molar-refractivity contribution in [2.24, 2.45) is 5.41 Å². The number of carbonyl (C=O) groups is 2. The molecular weight excluding hydrogens is 270 g/mol. The highest BCUT2D eigenvalue weighted by molar-refractivity contribution is 5.79. The lowest BCUT2D eigenvalue weighted by molar-refractivity contribution is -0.141. The van der Waals surface area contributed by atoms with E-state index in [2.05, 4.69) is 10.4 Å². The lowest BCUT2D eigenvalue weighted by atomic mass is 9.71. The second-order valence-electron chi connectivity index (χ2n) is 6.01. The van der Waals surface area contributed by atoms with Crippen molar-refractivity contribution in [3.05, 3.63) is 18.5 Å². The summed E-state index contributed by atoms with van der Waals surface area (Å²) in [4.78, 5) is 23.3. The van der Waals surface area contributed by atoms with Crippen LogP contribution in [0.3, 0.4) is 0 Å². The fraction of sp³-hybridized carbons (Fsp3) is 0.667. The van der Waals surface area contributed by atoms with Gasteiger partial charge in [-0.05, 0) is 31.2 Å². The fourth-order valence-corrected chi connectivity index (χ4v) is 3.09. The topological polar surface area (TPSA) is 84.2 Å². The van der Waals surface area contributed by atoms with Gasteiger partial charge in [-0.3, -0.25) is 14.3 Å². The molecule has 0 saturated heterocycles. The number of nitrogens with zero attached hydrogens (tertiary/aromatic N) is 2. The Balaban J connectivity index is 1.94. The predicted molar refractivity (Wildman–Crippen MR) is 77.7 cm³/mol. The van der Waals surface area contributed by atoms with E-state index in [1.54, 1.807) is 30.1 Å². The van der Waals surface area contributed by atoms with Crippen LogP contribution in [0.5, 0.6) is 0 Å². The van der Waals surface area contributed by atoms with Crippen molar-refractivity contribution in [1.29, 1.82) is 0 Å². The summed E-state index contributed by atoms with van der Waals surface area (Å²) in [6, 6.07) is 1.39. The van der Waals surface area contributed by atoms with Gasteiger partial charge in [0.15, 0.2) is 0 Å². The monoisotopic (exact) mass is 293 g/mol. The Morgan fingerprint density at radius 3 is 2.67 bits per heavy atom. The third kappa shape index (κ3) is 4.06. The molecule has 1 aliphatic rings. The standard InChI is InChI=1S/C15H23N3O3/c1-12(18-9-5-8-17-18)14(21)16-11-15(10-13(19)20)6-3-2-4-7-15/h5,8-9,12H,2-4,6-7,10-11H2,1H3,(H,16,21)(H,19,20). The van der Waals surface area contributed by atoms with E-state index >= 15 is 0 Å². The molecule has 1 fully saturated rings. The molecule has 1 aliphatic carbocycles. The number of carboxylic acid groups (broad SMARTS) is 1. The molecule has 1 aromatic heterocycles. The zero-order chi connectivity index (χ0) is 15.3. The first kappa shape index (κ1) is 15.5.